The highest BCUT2D eigenvalue weighted by Gasteiger charge is 2.11. The maximum absolute atomic E-state index is 2.44. The van der Waals surface area contributed by atoms with Crippen LogP contribution in [0.5, 0.6) is 0 Å². The van der Waals surface area contributed by atoms with Crippen LogP contribution in [0.2, 0.25) is 0 Å². The molecule has 0 aliphatic heterocycles. The van der Waals surface area contributed by atoms with Gasteiger partial charge in [0.25, 0.3) is 0 Å². The SMILES string of the molecule is CCCC1C=CC(C(C)CC)=C1. The van der Waals surface area contributed by atoms with E-state index in [0.29, 0.717) is 0 Å². The van der Waals surface area contributed by atoms with Crippen molar-refractivity contribution in [2.75, 3.05) is 0 Å². The molecule has 2 unspecified atom stereocenters. The number of hydrogen-bond acceptors (Lipinski definition) is 0. The van der Waals surface area contributed by atoms with Crippen LogP contribution >= 0.6 is 0 Å². The Balaban J connectivity index is 2.49. The van der Waals surface area contributed by atoms with Crippen molar-refractivity contribution < 1.29 is 0 Å². The van der Waals surface area contributed by atoms with Gasteiger partial charge in [0.2, 0.25) is 0 Å². The maximum Gasteiger partial charge on any atom is -0.00445 e. The quantitative estimate of drug-likeness (QED) is 0.590. The minimum Gasteiger partial charge on any atom is -0.0773 e. The molecule has 0 aromatic carbocycles. The summed E-state index contributed by atoms with van der Waals surface area (Å²) in [6, 6.07) is 0. The second kappa shape index (κ2) is 4.49. The number of hydrogen-bond donors (Lipinski definition) is 0. The molecule has 0 aromatic heterocycles. The summed E-state index contributed by atoms with van der Waals surface area (Å²) in [6.07, 6.45) is 11.0. The van der Waals surface area contributed by atoms with Crippen LogP contribution in [0.1, 0.15) is 40.0 Å². The van der Waals surface area contributed by atoms with E-state index in [9.17, 15) is 0 Å². The van der Waals surface area contributed by atoms with Gasteiger partial charge in [-0.2, -0.15) is 0 Å². The molecular weight excluding hydrogens is 144 g/mol. The van der Waals surface area contributed by atoms with Gasteiger partial charge >= 0.3 is 0 Å². The van der Waals surface area contributed by atoms with Gasteiger partial charge in [0.05, 0.1) is 0 Å². The van der Waals surface area contributed by atoms with Gasteiger partial charge in [-0.3, -0.25) is 0 Å². The average Bonchev–Trinajstić information content (AvgIpc) is 2.52. The summed E-state index contributed by atoms with van der Waals surface area (Å²) < 4.78 is 0. The van der Waals surface area contributed by atoms with E-state index < -0.39 is 0 Å². The Morgan fingerprint density at radius 2 is 2.17 bits per heavy atom. The van der Waals surface area contributed by atoms with Crippen LogP contribution in [-0.4, -0.2) is 0 Å². The molecule has 0 heteroatoms. The van der Waals surface area contributed by atoms with Crippen molar-refractivity contribution in [2.45, 2.75) is 40.0 Å². The van der Waals surface area contributed by atoms with Crippen molar-refractivity contribution in [3.63, 3.8) is 0 Å². The van der Waals surface area contributed by atoms with E-state index in [4.69, 9.17) is 0 Å². The fourth-order valence-corrected chi connectivity index (χ4v) is 1.67. The summed E-state index contributed by atoms with van der Waals surface area (Å²) in [7, 11) is 0. The molecule has 0 bridgehead atoms. The zero-order valence-electron chi connectivity index (χ0n) is 8.51. The second-order valence-electron chi connectivity index (χ2n) is 3.79. The molecule has 0 heterocycles. The molecule has 0 fully saturated rings. The van der Waals surface area contributed by atoms with Crippen molar-refractivity contribution >= 4 is 0 Å². The third-order valence-electron chi connectivity index (χ3n) is 2.75. The highest BCUT2D eigenvalue weighted by atomic mass is 14.2. The van der Waals surface area contributed by atoms with Crippen molar-refractivity contribution in [1.29, 1.82) is 0 Å². The standard InChI is InChI=1S/C12H20/c1-4-6-11-7-8-12(9-11)10(3)5-2/h7-11H,4-6H2,1-3H3. The van der Waals surface area contributed by atoms with Gasteiger partial charge in [-0.05, 0) is 30.3 Å². The molecule has 0 aromatic rings. The first-order chi connectivity index (χ1) is 5.77. The first-order valence-corrected chi connectivity index (χ1v) is 5.17. The molecule has 1 rings (SSSR count). The van der Waals surface area contributed by atoms with Crippen LogP contribution in [0.15, 0.2) is 23.8 Å². The van der Waals surface area contributed by atoms with Crippen molar-refractivity contribution in [2.24, 2.45) is 11.8 Å². The molecular formula is C12H20. The summed E-state index contributed by atoms with van der Waals surface area (Å²) in [5.41, 5.74) is 1.55. The summed E-state index contributed by atoms with van der Waals surface area (Å²) in [4.78, 5) is 0. The average molecular weight is 164 g/mol. The second-order valence-corrected chi connectivity index (χ2v) is 3.79. The predicted octanol–water partition coefficient (Wildman–Crippen LogP) is 3.95. The maximum atomic E-state index is 2.44. The van der Waals surface area contributed by atoms with Gasteiger partial charge in [-0.25, -0.2) is 0 Å². The zero-order chi connectivity index (χ0) is 8.97. The van der Waals surface area contributed by atoms with Crippen LogP contribution in [0.4, 0.5) is 0 Å². The molecule has 0 radical (unpaired) electrons. The molecule has 0 N–H and O–H groups in total. The summed E-state index contributed by atoms with van der Waals surface area (Å²) in [5.74, 6) is 1.49. The summed E-state index contributed by atoms with van der Waals surface area (Å²) in [6.45, 7) is 6.82. The Morgan fingerprint density at radius 1 is 1.42 bits per heavy atom. The van der Waals surface area contributed by atoms with Crippen LogP contribution < -0.4 is 0 Å². The largest absolute Gasteiger partial charge is 0.0773 e. The lowest BCUT2D eigenvalue weighted by Gasteiger charge is -2.07. The fraction of sp³-hybridized carbons (Fsp3) is 0.667. The lowest BCUT2D eigenvalue weighted by molar-refractivity contribution is 0.656. The Labute approximate surface area is 76.4 Å². The molecule has 68 valence electrons. The van der Waals surface area contributed by atoms with Crippen LogP contribution in [-0.2, 0) is 0 Å². The van der Waals surface area contributed by atoms with E-state index in [-0.39, 0.29) is 0 Å². The van der Waals surface area contributed by atoms with Crippen LogP contribution in [0.3, 0.4) is 0 Å². The Hall–Kier alpha value is -0.520. The first-order valence-electron chi connectivity index (χ1n) is 5.17. The molecule has 1 aliphatic rings. The van der Waals surface area contributed by atoms with Crippen molar-refractivity contribution in [1.82, 2.24) is 0 Å². The normalized spacial score (nSPS) is 24.2. The zero-order valence-corrected chi connectivity index (χ0v) is 8.51. The molecule has 0 spiro atoms. The predicted molar refractivity (Wildman–Crippen MR) is 55.1 cm³/mol. The monoisotopic (exact) mass is 164 g/mol. The fourth-order valence-electron chi connectivity index (χ4n) is 1.67. The van der Waals surface area contributed by atoms with Crippen LogP contribution in [0.25, 0.3) is 0 Å². The number of rotatable bonds is 4. The lowest BCUT2D eigenvalue weighted by atomic mass is 9.98. The summed E-state index contributed by atoms with van der Waals surface area (Å²) in [5, 5.41) is 0. The highest BCUT2D eigenvalue weighted by Crippen LogP contribution is 2.26. The number of allylic oxidation sites excluding steroid dienone is 4. The van der Waals surface area contributed by atoms with Gasteiger partial charge in [-0.15, -0.1) is 0 Å². The summed E-state index contributed by atoms with van der Waals surface area (Å²) >= 11 is 0. The first kappa shape index (κ1) is 9.57. The van der Waals surface area contributed by atoms with E-state index in [2.05, 4.69) is 39.0 Å². The van der Waals surface area contributed by atoms with Gasteiger partial charge in [0, 0.05) is 0 Å². The smallest absolute Gasteiger partial charge is 0.00445 e. The van der Waals surface area contributed by atoms with E-state index in [0.717, 1.165) is 11.8 Å². The Morgan fingerprint density at radius 3 is 2.75 bits per heavy atom. The third-order valence-corrected chi connectivity index (χ3v) is 2.75. The van der Waals surface area contributed by atoms with E-state index in [1.54, 1.807) is 5.57 Å². The third kappa shape index (κ3) is 2.23. The molecule has 0 nitrogen and oxygen atoms in total. The molecule has 0 amide bonds. The van der Waals surface area contributed by atoms with E-state index in [1.807, 2.05) is 0 Å². The minimum atomic E-state index is 0.735. The van der Waals surface area contributed by atoms with Crippen molar-refractivity contribution in [3.05, 3.63) is 23.8 Å². The lowest BCUT2D eigenvalue weighted by Crippen LogP contribution is -1.93. The van der Waals surface area contributed by atoms with Crippen LogP contribution in [0, 0.1) is 11.8 Å². The van der Waals surface area contributed by atoms with Gasteiger partial charge in [0.1, 0.15) is 0 Å². The molecule has 1 aliphatic carbocycles. The van der Waals surface area contributed by atoms with E-state index >= 15 is 0 Å². The Kier molecular flexibility index (Phi) is 3.58. The topological polar surface area (TPSA) is 0 Å². The van der Waals surface area contributed by atoms with Gasteiger partial charge < -0.3 is 0 Å². The minimum absolute atomic E-state index is 0.735. The highest BCUT2D eigenvalue weighted by molar-refractivity contribution is 5.30. The van der Waals surface area contributed by atoms with Crippen molar-refractivity contribution in [3.8, 4) is 0 Å². The molecule has 2 atom stereocenters. The Bertz CT molecular complexity index is 186. The molecule has 12 heavy (non-hydrogen) atoms. The molecule has 0 saturated carbocycles. The van der Waals surface area contributed by atoms with Gasteiger partial charge in [0.15, 0.2) is 0 Å². The van der Waals surface area contributed by atoms with Gasteiger partial charge in [-0.1, -0.05) is 45.4 Å². The van der Waals surface area contributed by atoms with E-state index in [1.165, 1.54) is 19.3 Å². The molecule has 0 saturated heterocycles.